The maximum atomic E-state index is 12.9. The number of aliphatic hydroxyl groups excluding tert-OH is 1. The number of hydrogen-bond acceptors (Lipinski definition) is 3. The predicted molar refractivity (Wildman–Crippen MR) is 67.7 cm³/mol. The van der Waals surface area contributed by atoms with Crippen LogP contribution in [0.25, 0.3) is 10.9 Å². The van der Waals surface area contributed by atoms with E-state index >= 15 is 0 Å². The number of fused-ring (bicyclic) bond motifs is 1. The van der Waals surface area contributed by atoms with Crippen LogP contribution in [0.2, 0.25) is 5.28 Å². The van der Waals surface area contributed by atoms with Crippen LogP contribution >= 0.6 is 11.6 Å². The van der Waals surface area contributed by atoms with Gasteiger partial charge in [0.15, 0.2) is 0 Å². The lowest BCUT2D eigenvalue weighted by Crippen LogP contribution is -2.27. The molecule has 1 N–H and O–H groups in total. The molecule has 1 heterocycles. The van der Waals surface area contributed by atoms with E-state index in [1.807, 2.05) is 0 Å². The number of rotatable bonds is 2. The Kier molecular flexibility index (Phi) is 3.75. The largest absolute Gasteiger partial charge is 0.418 e. The fraction of sp³-hybridized carbons (Fsp3) is 0.333. The summed E-state index contributed by atoms with van der Waals surface area (Å²) in [5, 5.41) is 8.71. The Balaban J connectivity index is 2.80. The van der Waals surface area contributed by atoms with Gasteiger partial charge in [-0.3, -0.25) is 9.36 Å². The average Bonchev–Trinajstić information content (AvgIpc) is 2.32. The van der Waals surface area contributed by atoms with Gasteiger partial charge in [-0.1, -0.05) is 6.07 Å². The first kappa shape index (κ1) is 14.8. The minimum atomic E-state index is -4.63. The standard InChI is InChI=1S/C12H10ClF3N2O2/c1-6(19)5-18-10(20)7-3-2-4-8(12(14,15)16)9(7)17-11(18)13/h2-4,6,19H,5H2,1H3. The van der Waals surface area contributed by atoms with Crippen LogP contribution < -0.4 is 5.56 Å². The molecule has 0 bridgehead atoms. The molecule has 2 rings (SSSR count). The van der Waals surface area contributed by atoms with Crippen LogP contribution in [0.15, 0.2) is 23.0 Å². The average molecular weight is 307 g/mol. The molecule has 0 spiro atoms. The normalized spacial score (nSPS) is 13.7. The van der Waals surface area contributed by atoms with E-state index in [1.165, 1.54) is 13.0 Å². The molecule has 0 aliphatic rings. The topological polar surface area (TPSA) is 55.1 Å². The van der Waals surface area contributed by atoms with Gasteiger partial charge in [-0.15, -0.1) is 0 Å². The van der Waals surface area contributed by atoms with Crippen molar-refractivity contribution in [2.45, 2.75) is 25.7 Å². The summed E-state index contributed by atoms with van der Waals surface area (Å²) in [6, 6.07) is 3.22. The number of alkyl halides is 3. The molecular weight excluding hydrogens is 297 g/mol. The van der Waals surface area contributed by atoms with Crippen LogP contribution in [0.1, 0.15) is 12.5 Å². The maximum Gasteiger partial charge on any atom is 0.418 e. The fourth-order valence-corrected chi connectivity index (χ4v) is 2.10. The first-order valence-electron chi connectivity index (χ1n) is 5.66. The van der Waals surface area contributed by atoms with E-state index in [9.17, 15) is 23.1 Å². The summed E-state index contributed by atoms with van der Waals surface area (Å²) in [6.07, 6.45) is -5.51. The summed E-state index contributed by atoms with van der Waals surface area (Å²) < 4.78 is 39.5. The SMILES string of the molecule is CC(O)Cn1c(Cl)nc2c(C(F)(F)F)cccc2c1=O. The van der Waals surface area contributed by atoms with E-state index < -0.39 is 28.9 Å². The van der Waals surface area contributed by atoms with Crippen LogP contribution in [-0.2, 0) is 12.7 Å². The smallest absolute Gasteiger partial charge is 0.392 e. The summed E-state index contributed by atoms with van der Waals surface area (Å²) in [7, 11) is 0. The maximum absolute atomic E-state index is 12.9. The molecule has 0 saturated heterocycles. The van der Waals surface area contributed by atoms with E-state index in [1.54, 1.807) is 0 Å². The third-order valence-electron chi connectivity index (χ3n) is 2.69. The quantitative estimate of drug-likeness (QED) is 0.867. The van der Waals surface area contributed by atoms with Crippen molar-refractivity contribution in [1.82, 2.24) is 9.55 Å². The minimum absolute atomic E-state index is 0.142. The van der Waals surface area contributed by atoms with Crippen LogP contribution in [0, 0.1) is 0 Å². The highest BCUT2D eigenvalue weighted by Gasteiger charge is 2.34. The summed E-state index contributed by atoms with van der Waals surface area (Å²) >= 11 is 5.75. The molecule has 20 heavy (non-hydrogen) atoms. The second-order valence-corrected chi connectivity index (χ2v) is 4.68. The monoisotopic (exact) mass is 306 g/mol. The number of aliphatic hydroxyl groups is 1. The zero-order valence-electron chi connectivity index (χ0n) is 10.3. The Bertz CT molecular complexity index is 710. The molecule has 1 aromatic carbocycles. The fourth-order valence-electron chi connectivity index (χ4n) is 1.87. The van der Waals surface area contributed by atoms with E-state index in [0.717, 1.165) is 16.7 Å². The first-order chi connectivity index (χ1) is 9.21. The van der Waals surface area contributed by atoms with Crippen molar-refractivity contribution in [2.75, 3.05) is 0 Å². The van der Waals surface area contributed by atoms with E-state index in [-0.39, 0.29) is 17.2 Å². The molecular formula is C12H10ClF3N2O2. The molecule has 1 unspecified atom stereocenters. The Morgan fingerprint density at radius 1 is 1.45 bits per heavy atom. The van der Waals surface area contributed by atoms with Crippen LogP contribution in [0.4, 0.5) is 13.2 Å². The van der Waals surface area contributed by atoms with Gasteiger partial charge in [-0.05, 0) is 30.7 Å². The second kappa shape index (κ2) is 5.06. The van der Waals surface area contributed by atoms with Crippen molar-refractivity contribution in [3.8, 4) is 0 Å². The van der Waals surface area contributed by atoms with Gasteiger partial charge in [0.25, 0.3) is 5.56 Å². The predicted octanol–water partition coefficient (Wildman–Crippen LogP) is 2.45. The van der Waals surface area contributed by atoms with Crippen molar-refractivity contribution in [1.29, 1.82) is 0 Å². The second-order valence-electron chi connectivity index (χ2n) is 4.35. The van der Waals surface area contributed by atoms with E-state index in [0.29, 0.717) is 0 Å². The highest BCUT2D eigenvalue weighted by molar-refractivity contribution is 6.28. The van der Waals surface area contributed by atoms with Crippen LogP contribution in [0.5, 0.6) is 0 Å². The molecule has 0 fully saturated rings. The van der Waals surface area contributed by atoms with E-state index in [2.05, 4.69) is 4.98 Å². The number of aromatic nitrogens is 2. The highest BCUT2D eigenvalue weighted by Crippen LogP contribution is 2.33. The molecule has 1 atom stereocenters. The van der Waals surface area contributed by atoms with Gasteiger partial charge in [0.1, 0.15) is 0 Å². The summed E-state index contributed by atoms with van der Waals surface area (Å²) in [6.45, 7) is 1.29. The summed E-state index contributed by atoms with van der Waals surface area (Å²) in [5.74, 6) is 0. The zero-order valence-corrected chi connectivity index (χ0v) is 11.0. The number of para-hydroxylation sites is 1. The Morgan fingerprint density at radius 3 is 2.65 bits per heavy atom. The molecule has 0 aliphatic heterocycles. The third-order valence-corrected chi connectivity index (χ3v) is 2.98. The van der Waals surface area contributed by atoms with Gasteiger partial charge in [-0.2, -0.15) is 13.2 Å². The molecule has 108 valence electrons. The van der Waals surface area contributed by atoms with Crippen molar-refractivity contribution in [2.24, 2.45) is 0 Å². The number of hydrogen-bond donors (Lipinski definition) is 1. The first-order valence-corrected chi connectivity index (χ1v) is 6.04. The molecule has 0 radical (unpaired) electrons. The Morgan fingerprint density at radius 2 is 2.10 bits per heavy atom. The van der Waals surface area contributed by atoms with Crippen LogP contribution in [0.3, 0.4) is 0 Å². The van der Waals surface area contributed by atoms with Gasteiger partial charge in [0.05, 0.1) is 29.1 Å². The van der Waals surface area contributed by atoms with Gasteiger partial charge in [0.2, 0.25) is 5.28 Å². The van der Waals surface area contributed by atoms with Gasteiger partial charge in [-0.25, -0.2) is 4.98 Å². The lowest BCUT2D eigenvalue weighted by atomic mass is 10.1. The Labute approximate surface area is 116 Å². The third kappa shape index (κ3) is 2.64. The molecule has 0 aliphatic carbocycles. The lowest BCUT2D eigenvalue weighted by molar-refractivity contribution is -0.136. The Hall–Kier alpha value is -1.60. The molecule has 8 heteroatoms. The van der Waals surface area contributed by atoms with Crippen LogP contribution in [-0.4, -0.2) is 20.8 Å². The summed E-state index contributed by atoms with van der Waals surface area (Å²) in [5.41, 5.74) is -2.22. The minimum Gasteiger partial charge on any atom is -0.392 e. The molecule has 0 saturated carbocycles. The number of benzene rings is 1. The highest BCUT2D eigenvalue weighted by atomic mass is 35.5. The number of halogens is 4. The zero-order chi connectivity index (χ0) is 15.1. The van der Waals surface area contributed by atoms with Crippen molar-refractivity contribution >= 4 is 22.5 Å². The van der Waals surface area contributed by atoms with Crippen molar-refractivity contribution in [3.05, 3.63) is 39.4 Å². The molecule has 2 aromatic rings. The van der Waals surface area contributed by atoms with Crippen molar-refractivity contribution < 1.29 is 18.3 Å². The molecule has 0 amide bonds. The van der Waals surface area contributed by atoms with Gasteiger partial charge >= 0.3 is 6.18 Å². The van der Waals surface area contributed by atoms with Gasteiger partial charge < -0.3 is 5.11 Å². The molecule has 1 aromatic heterocycles. The molecule has 4 nitrogen and oxygen atoms in total. The number of nitrogens with zero attached hydrogens (tertiary/aromatic N) is 2. The van der Waals surface area contributed by atoms with Gasteiger partial charge in [0, 0.05) is 0 Å². The van der Waals surface area contributed by atoms with Crippen molar-refractivity contribution in [3.63, 3.8) is 0 Å². The lowest BCUT2D eigenvalue weighted by Gasteiger charge is -2.13. The summed E-state index contributed by atoms with van der Waals surface area (Å²) in [4.78, 5) is 15.8. The van der Waals surface area contributed by atoms with E-state index in [4.69, 9.17) is 11.6 Å².